The van der Waals surface area contributed by atoms with Crippen molar-refractivity contribution < 1.29 is 4.79 Å². The summed E-state index contributed by atoms with van der Waals surface area (Å²) in [6.45, 7) is 1.77. The summed E-state index contributed by atoms with van der Waals surface area (Å²) in [5, 5.41) is 7.31. The van der Waals surface area contributed by atoms with Crippen LogP contribution >= 0.6 is 11.6 Å². The molecule has 5 heteroatoms. The number of hydrogen-bond donors (Lipinski definition) is 3. The summed E-state index contributed by atoms with van der Waals surface area (Å²) in [6, 6.07) is 5.89. The Labute approximate surface area is 131 Å². The van der Waals surface area contributed by atoms with Crippen LogP contribution in [0.5, 0.6) is 0 Å². The topological polar surface area (TPSA) is 67.2 Å². The predicted octanol–water partition coefficient (Wildman–Crippen LogP) is 3.16. The van der Waals surface area contributed by atoms with E-state index in [1.54, 1.807) is 12.1 Å². The maximum atomic E-state index is 11.1. The zero-order chi connectivity index (χ0) is 15.1. The first-order valence-corrected chi connectivity index (χ1v) is 8.11. The molecule has 0 spiro atoms. The lowest BCUT2D eigenvalue weighted by molar-refractivity contribution is 0.100. The van der Waals surface area contributed by atoms with Crippen molar-refractivity contribution in [3.8, 4) is 0 Å². The largest absolute Gasteiger partial charge is 0.384 e. The highest BCUT2D eigenvalue weighted by molar-refractivity contribution is 6.34. The molecule has 0 saturated heterocycles. The molecule has 0 bridgehead atoms. The first-order chi connectivity index (χ1) is 10.2. The number of rotatable bonds is 6. The fraction of sp³-hybridized carbons (Fsp3) is 0.562. The first kappa shape index (κ1) is 16.1. The number of carbonyl (C=O) groups excluding carboxylic acids is 1. The monoisotopic (exact) mass is 309 g/mol. The Hall–Kier alpha value is -1.26. The van der Waals surface area contributed by atoms with Crippen LogP contribution < -0.4 is 16.4 Å². The highest BCUT2D eigenvalue weighted by atomic mass is 35.5. The van der Waals surface area contributed by atoms with Gasteiger partial charge < -0.3 is 16.4 Å². The van der Waals surface area contributed by atoms with Gasteiger partial charge in [0.05, 0.1) is 10.6 Å². The van der Waals surface area contributed by atoms with Gasteiger partial charge in [-0.25, -0.2) is 0 Å². The quantitative estimate of drug-likeness (QED) is 0.558. The molecule has 116 valence electrons. The van der Waals surface area contributed by atoms with Crippen LogP contribution in [0.1, 0.15) is 48.9 Å². The number of halogens is 1. The lowest BCUT2D eigenvalue weighted by Gasteiger charge is -2.16. The third kappa shape index (κ3) is 5.21. The molecule has 0 radical (unpaired) electrons. The summed E-state index contributed by atoms with van der Waals surface area (Å²) in [4.78, 5) is 11.1. The maximum absolute atomic E-state index is 11.1. The highest BCUT2D eigenvalue weighted by Crippen LogP contribution is 2.20. The molecule has 1 amide bonds. The van der Waals surface area contributed by atoms with Crippen LogP contribution in [0, 0.1) is 0 Å². The summed E-state index contributed by atoms with van der Waals surface area (Å²) in [6.07, 6.45) is 8.02. The molecule has 1 fully saturated rings. The predicted molar refractivity (Wildman–Crippen MR) is 88.0 cm³/mol. The van der Waals surface area contributed by atoms with Crippen molar-refractivity contribution >= 4 is 23.2 Å². The Balaban J connectivity index is 1.73. The second kappa shape index (κ2) is 8.25. The lowest BCUT2D eigenvalue weighted by atomic mass is 10.1. The zero-order valence-electron chi connectivity index (χ0n) is 12.3. The van der Waals surface area contributed by atoms with Crippen LogP contribution in [0.25, 0.3) is 0 Å². The third-order valence-electron chi connectivity index (χ3n) is 3.98. The molecule has 1 aliphatic carbocycles. The number of nitrogens with two attached hydrogens (primary N) is 1. The fourth-order valence-corrected chi connectivity index (χ4v) is 3.07. The van der Waals surface area contributed by atoms with Gasteiger partial charge in [-0.05, 0) is 31.0 Å². The van der Waals surface area contributed by atoms with Gasteiger partial charge in [-0.15, -0.1) is 0 Å². The normalized spacial score (nSPS) is 16.4. The molecule has 0 atom stereocenters. The standard InChI is InChI=1S/C16H24ClN3O/c17-15-11-13(7-8-14(15)16(18)21)20-10-9-19-12-5-3-1-2-4-6-12/h7-8,11-12,19-20H,1-6,9-10H2,(H2,18,21). The molecule has 0 aliphatic heterocycles. The van der Waals surface area contributed by atoms with E-state index in [1.165, 1.54) is 38.5 Å². The van der Waals surface area contributed by atoms with E-state index in [-0.39, 0.29) is 0 Å². The average molecular weight is 310 g/mol. The smallest absolute Gasteiger partial charge is 0.250 e. The molecule has 1 aromatic rings. The van der Waals surface area contributed by atoms with Crippen LogP contribution in [-0.4, -0.2) is 25.0 Å². The van der Waals surface area contributed by atoms with E-state index < -0.39 is 5.91 Å². The number of nitrogens with one attached hydrogen (secondary N) is 2. The van der Waals surface area contributed by atoms with E-state index in [1.807, 2.05) is 6.07 Å². The van der Waals surface area contributed by atoms with Crippen molar-refractivity contribution in [3.05, 3.63) is 28.8 Å². The number of amides is 1. The minimum Gasteiger partial charge on any atom is -0.384 e. The van der Waals surface area contributed by atoms with Crippen molar-refractivity contribution in [2.24, 2.45) is 5.73 Å². The molecule has 4 nitrogen and oxygen atoms in total. The van der Waals surface area contributed by atoms with Crippen LogP contribution in [0.15, 0.2) is 18.2 Å². The summed E-state index contributed by atoms with van der Waals surface area (Å²) in [5.74, 6) is -0.499. The third-order valence-corrected chi connectivity index (χ3v) is 4.29. The number of anilines is 1. The number of benzene rings is 1. The maximum Gasteiger partial charge on any atom is 0.250 e. The van der Waals surface area contributed by atoms with Crippen molar-refractivity contribution in [1.82, 2.24) is 5.32 Å². The van der Waals surface area contributed by atoms with E-state index in [0.29, 0.717) is 16.6 Å². The average Bonchev–Trinajstić information content (AvgIpc) is 2.72. The molecular weight excluding hydrogens is 286 g/mol. The second-order valence-electron chi connectivity index (χ2n) is 5.63. The molecule has 0 unspecified atom stereocenters. The van der Waals surface area contributed by atoms with Crippen LogP contribution in [0.3, 0.4) is 0 Å². The molecule has 2 rings (SSSR count). The molecule has 0 aromatic heterocycles. The number of primary amides is 1. The summed E-state index contributed by atoms with van der Waals surface area (Å²) >= 11 is 6.02. The minimum absolute atomic E-state index is 0.360. The molecule has 4 N–H and O–H groups in total. The Morgan fingerprint density at radius 1 is 1.19 bits per heavy atom. The summed E-state index contributed by atoms with van der Waals surface area (Å²) in [7, 11) is 0. The molecule has 1 aliphatic rings. The van der Waals surface area contributed by atoms with Gasteiger partial charge >= 0.3 is 0 Å². The Morgan fingerprint density at radius 2 is 1.90 bits per heavy atom. The Bertz CT molecular complexity index is 471. The molecule has 1 aromatic carbocycles. The van der Waals surface area contributed by atoms with Gasteiger partial charge in [0.1, 0.15) is 0 Å². The van der Waals surface area contributed by atoms with Gasteiger partial charge in [0.25, 0.3) is 0 Å². The Morgan fingerprint density at radius 3 is 2.52 bits per heavy atom. The van der Waals surface area contributed by atoms with Gasteiger partial charge in [0.2, 0.25) is 5.91 Å². The second-order valence-corrected chi connectivity index (χ2v) is 6.04. The summed E-state index contributed by atoms with van der Waals surface area (Å²) in [5.41, 5.74) is 6.50. The van der Waals surface area contributed by atoms with E-state index in [2.05, 4.69) is 10.6 Å². The highest BCUT2D eigenvalue weighted by Gasteiger charge is 2.11. The van der Waals surface area contributed by atoms with E-state index >= 15 is 0 Å². The van der Waals surface area contributed by atoms with Crippen LogP contribution in [-0.2, 0) is 0 Å². The lowest BCUT2D eigenvalue weighted by Crippen LogP contribution is -2.32. The van der Waals surface area contributed by atoms with Crippen molar-refractivity contribution in [3.63, 3.8) is 0 Å². The Kier molecular flexibility index (Phi) is 6.33. The van der Waals surface area contributed by atoms with Gasteiger partial charge in [0, 0.05) is 24.8 Å². The molecule has 0 heterocycles. The molecule has 21 heavy (non-hydrogen) atoms. The molecular formula is C16H24ClN3O. The van der Waals surface area contributed by atoms with E-state index in [4.69, 9.17) is 17.3 Å². The number of carbonyl (C=O) groups is 1. The van der Waals surface area contributed by atoms with Crippen LogP contribution in [0.4, 0.5) is 5.69 Å². The van der Waals surface area contributed by atoms with Crippen LogP contribution in [0.2, 0.25) is 5.02 Å². The number of hydrogen-bond acceptors (Lipinski definition) is 3. The van der Waals surface area contributed by atoms with E-state index in [9.17, 15) is 4.79 Å². The fourth-order valence-electron chi connectivity index (χ4n) is 2.79. The van der Waals surface area contributed by atoms with Gasteiger partial charge in [-0.3, -0.25) is 4.79 Å². The molecule has 1 saturated carbocycles. The van der Waals surface area contributed by atoms with E-state index in [0.717, 1.165) is 18.8 Å². The van der Waals surface area contributed by atoms with Crippen molar-refractivity contribution in [1.29, 1.82) is 0 Å². The van der Waals surface area contributed by atoms with Gasteiger partial charge in [-0.2, -0.15) is 0 Å². The summed E-state index contributed by atoms with van der Waals surface area (Å²) < 4.78 is 0. The van der Waals surface area contributed by atoms with Crippen molar-refractivity contribution in [2.45, 2.75) is 44.6 Å². The van der Waals surface area contributed by atoms with Gasteiger partial charge in [-0.1, -0.05) is 37.3 Å². The first-order valence-electron chi connectivity index (χ1n) is 7.73. The SMILES string of the molecule is NC(=O)c1ccc(NCCNC2CCCCCC2)cc1Cl. The minimum atomic E-state index is -0.499. The van der Waals surface area contributed by atoms with Crippen molar-refractivity contribution in [2.75, 3.05) is 18.4 Å². The zero-order valence-corrected chi connectivity index (χ0v) is 13.1. The van der Waals surface area contributed by atoms with Gasteiger partial charge in [0.15, 0.2) is 0 Å².